The maximum Gasteiger partial charge on any atom is 0.342 e. The Balaban J connectivity index is 2.27. The van der Waals surface area contributed by atoms with E-state index in [2.05, 4.69) is 5.32 Å². The Labute approximate surface area is 113 Å². The molecule has 0 bridgehead atoms. The van der Waals surface area contributed by atoms with Crippen LogP contribution in [0.1, 0.15) is 10.4 Å². The van der Waals surface area contributed by atoms with Gasteiger partial charge in [0.25, 0.3) is 5.69 Å². The largest absolute Gasteiger partial charge is 0.477 e. The quantitative estimate of drug-likeness (QED) is 0.627. The van der Waals surface area contributed by atoms with E-state index in [9.17, 15) is 23.3 Å². The molecule has 8 nitrogen and oxygen atoms in total. The summed E-state index contributed by atoms with van der Waals surface area (Å²) in [6.07, 6.45) is 1.44. The fourth-order valence-electron chi connectivity index (χ4n) is 1.83. The number of aromatic carboxylic acids is 1. The Morgan fingerprint density at radius 2 is 2.15 bits per heavy atom. The van der Waals surface area contributed by atoms with Crippen molar-refractivity contribution < 1.29 is 23.2 Å². The summed E-state index contributed by atoms with van der Waals surface area (Å²) in [4.78, 5) is 20.9. The topological polar surface area (TPSA) is 127 Å². The van der Waals surface area contributed by atoms with Crippen LogP contribution in [0.25, 0.3) is 0 Å². The third-order valence-electron chi connectivity index (χ3n) is 2.71. The van der Waals surface area contributed by atoms with Crippen LogP contribution >= 0.6 is 0 Å². The van der Waals surface area contributed by atoms with E-state index < -0.39 is 38.0 Å². The van der Waals surface area contributed by atoms with Crippen LogP contribution in [0.3, 0.4) is 0 Å². The molecule has 1 atom stereocenters. The second kappa shape index (κ2) is 4.93. The van der Waals surface area contributed by atoms with E-state index in [1.165, 1.54) is 12.1 Å². The second-order valence-corrected chi connectivity index (χ2v) is 6.13. The van der Waals surface area contributed by atoms with Crippen molar-refractivity contribution in [1.82, 2.24) is 0 Å². The van der Waals surface area contributed by atoms with Crippen LogP contribution in [-0.2, 0) is 9.84 Å². The highest BCUT2D eigenvalue weighted by molar-refractivity contribution is 7.94. The van der Waals surface area contributed by atoms with Crippen LogP contribution in [-0.4, -0.2) is 36.2 Å². The standard InChI is InChI=1S/C11H10N2O6S/c14-11(15)9-2-1-7(5-10(9)13(16)17)12-8-3-4-20(18,19)6-8/h1-5,8,12H,6H2,(H,14,15). The van der Waals surface area contributed by atoms with Gasteiger partial charge in [-0.15, -0.1) is 0 Å². The highest BCUT2D eigenvalue weighted by atomic mass is 32.2. The Morgan fingerprint density at radius 3 is 2.65 bits per heavy atom. The smallest absolute Gasteiger partial charge is 0.342 e. The molecule has 1 aliphatic heterocycles. The van der Waals surface area contributed by atoms with Gasteiger partial charge in [-0.05, 0) is 12.1 Å². The molecular weight excluding hydrogens is 288 g/mol. The van der Waals surface area contributed by atoms with Crippen LogP contribution in [0.2, 0.25) is 0 Å². The first-order valence-electron chi connectivity index (χ1n) is 5.48. The van der Waals surface area contributed by atoms with Crippen molar-refractivity contribution in [3.8, 4) is 0 Å². The summed E-state index contributed by atoms with van der Waals surface area (Å²) in [5, 5.41) is 23.5. The van der Waals surface area contributed by atoms with Crippen LogP contribution < -0.4 is 5.32 Å². The van der Waals surface area contributed by atoms with E-state index >= 15 is 0 Å². The molecule has 0 radical (unpaired) electrons. The minimum Gasteiger partial charge on any atom is -0.477 e. The van der Waals surface area contributed by atoms with Gasteiger partial charge < -0.3 is 10.4 Å². The number of carboxylic acid groups (broad SMARTS) is 1. The van der Waals surface area contributed by atoms with Gasteiger partial charge >= 0.3 is 5.97 Å². The van der Waals surface area contributed by atoms with Crippen molar-refractivity contribution in [3.05, 3.63) is 45.4 Å². The second-order valence-electron chi connectivity index (χ2n) is 4.20. The van der Waals surface area contributed by atoms with E-state index in [-0.39, 0.29) is 11.4 Å². The van der Waals surface area contributed by atoms with Gasteiger partial charge in [-0.2, -0.15) is 0 Å². The van der Waals surface area contributed by atoms with E-state index in [1.807, 2.05) is 0 Å². The van der Waals surface area contributed by atoms with Gasteiger partial charge in [-0.3, -0.25) is 10.1 Å². The van der Waals surface area contributed by atoms with Crippen molar-refractivity contribution in [1.29, 1.82) is 0 Å². The molecule has 1 aromatic rings. The average molecular weight is 298 g/mol. The number of sulfone groups is 1. The van der Waals surface area contributed by atoms with Gasteiger partial charge in [0, 0.05) is 17.2 Å². The molecule has 1 unspecified atom stereocenters. The number of anilines is 1. The number of nitro benzene ring substituents is 1. The van der Waals surface area contributed by atoms with Crippen LogP contribution in [0.4, 0.5) is 11.4 Å². The normalized spacial score (nSPS) is 19.7. The number of carbonyl (C=O) groups is 1. The van der Waals surface area contributed by atoms with E-state index in [0.717, 1.165) is 17.5 Å². The summed E-state index contributed by atoms with van der Waals surface area (Å²) in [5.74, 6) is -1.53. The van der Waals surface area contributed by atoms with Gasteiger partial charge in [-0.25, -0.2) is 13.2 Å². The Morgan fingerprint density at radius 1 is 1.45 bits per heavy atom. The first kappa shape index (κ1) is 14.0. The lowest BCUT2D eigenvalue weighted by Crippen LogP contribution is -2.21. The van der Waals surface area contributed by atoms with Gasteiger partial charge in [0.1, 0.15) is 5.56 Å². The number of nitro groups is 1. The number of benzene rings is 1. The first-order valence-corrected chi connectivity index (χ1v) is 7.19. The highest BCUT2D eigenvalue weighted by Gasteiger charge is 2.24. The summed E-state index contributed by atoms with van der Waals surface area (Å²) < 4.78 is 22.5. The summed E-state index contributed by atoms with van der Waals surface area (Å²) in [7, 11) is -3.23. The first-order chi connectivity index (χ1) is 9.28. The van der Waals surface area contributed by atoms with Gasteiger partial charge in [0.2, 0.25) is 0 Å². The van der Waals surface area contributed by atoms with Gasteiger partial charge in [0.05, 0.1) is 16.7 Å². The minimum absolute atomic E-state index is 0.137. The molecule has 2 rings (SSSR count). The Bertz CT molecular complexity index is 710. The molecule has 2 N–H and O–H groups in total. The number of nitrogens with zero attached hydrogens (tertiary/aromatic N) is 1. The average Bonchev–Trinajstić information content (AvgIpc) is 2.68. The third kappa shape index (κ3) is 2.94. The van der Waals surface area contributed by atoms with Crippen LogP contribution in [0.5, 0.6) is 0 Å². The van der Waals surface area contributed by atoms with Crippen molar-refractivity contribution in [2.24, 2.45) is 0 Å². The Kier molecular flexibility index (Phi) is 3.45. The third-order valence-corrected chi connectivity index (χ3v) is 4.10. The molecule has 106 valence electrons. The molecule has 9 heteroatoms. The summed E-state index contributed by atoms with van der Waals surface area (Å²) in [5.41, 5.74) is -0.684. The fourth-order valence-corrected chi connectivity index (χ4v) is 3.07. The van der Waals surface area contributed by atoms with Crippen LogP contribution in [0, 0.1) is 10.1 Å². The van der Waals surface area contributed by atoms with Crippen molar-refractivity contribution >= 4 is 27.2 Å². The van der Waals surface area contributed by atoms with Gasteiger partial charge in [-0.1, -0.05) is 6.08 Å². The van der Waals surface area contributed by atoms with Crippen molar-refractivity contribution in [2.75, 3.05) is 11.1 Å². The number of carboxylic acids is 1. The maximum atomic E-state index is 11.2. The molecule has 0 amide bonds. The summed E-state index contributed by atoms with van der Waals surface area (Å²) in [6, 6.07) is 3.04. The van der Waals surface area contributed by atoms with Crippen molar-refractivity contribution in [3.63, 3.8) is 0 Å². The minimum atomic E-state index is -3.23. The van der Waals surface area contributed by atoms with Crippen molar-refractivity contribution in [2.45, 2.75) is 6.04 Å². The molecule has 0 fully saturated rings. The molecule has 20 heavy (non-hydrogen) atoms. The predicted octanol–water partition coefficient (Wildman–Crippen LogP) is 1.02. The molecule has 0 spiro atoms. The lowest BCUT2D eigenvalue weighted by molar-refractivity contribution is -0.385. The predicted molar refractivity (Wildman–Crippen MR) is 70.4 cm³/mol. The number of hydrogen-bond donors (Lipinski definition) is 2. The SMILES string of the molecule is O=C(O)c1ccc(NC2C=CS(=O)(=O)C2)cc1[N+](=O)[O-]. The zero-order valence-corrected chi connectivity index (χ0v) is 10.8. The maximum absolute atomic E-state index is 11.2. The van der Waals surface area contributed by atoms with Crippen LogP contribution in [0.15, 0.2) is 29.7 Å². The van der Waals surface area contributed by atoms with E-state index in [0.29, 0.717) is 0 Å². The molecule has 1 heterocycles. The van der Waals surface area contributed by atoms with E-state index in [1.54, 1.807) is 0 Å². The van der Waals surface area contributed by atoms with Gasteiger partial charge in [0.15, 0.2) is 9.84 Å². The zero-order valence-electron chi connectivity index (χ0n) is 10.0. The zero-order chi connectivity index (χ0) is 14.9. The molecule has 1 aliphatic rings. The Hall–Kier alpha value is -2.42. The lowest BCUT2D eigenvalue weighted by Gasteiger charge is -2.11. The number of rotatable bonds is 4. The molecule has 1 aromatic carbocycles. The summed E-state index contributed by atoms with van der Waals surface area (Å²) >= 11 is 0. The fraction of sp³-hybridized carbons (Fsp3) is 0.182. The number of nitrogens with one attached hydrogen (secondary N) is 1. The number of hydrogen-bond acceptors (Lipinski definition) is 6. The monoisotopic (exact) mass is 298 g/mol. The van der Waals surface area contributed by atoms with E-state index in [4.69, 9.17) is 5.11 Å². The highest BCUT2D eigenvalue weighted by Crippen LogP contribution is 2.24. The molecule has 0 aliphatic carbocycles. The molecular formula is C11H10N2O6S. The molecule has 0 saturated carbocycles. The summed E-state index contributed by atoms with van der Waals surface area (Å²) in [6.45, 7) is 0. The molecule has 0 aromatic heterocycles. The lowest BCUT2D eigenvalue weighted by atomic mass is 10.1. The molecule has 0 saturated heterocycles.